The number of amides is 1. The lowest BCUT2D eigenvalue weighted by atomic mass is 9.99. The van der Waals surface area contributed by atoms with Gasteiger partial charge in [0.2, 0.25) is 0 Å². The van der Waals surface area contributed by atoms with E-state index in [-0.39, 0.29) is 4.90 Å². The van der Waals surface area contributed by atoms with Gasteiger partial charge in [0.15, 0.2) is 0 Å². The summed E-state index contributed by atoms with van der Waals surface area (Å²) in [7, 11) is -4.12. The number of nitrogens with zero attached hydrogens (tertiary/aromatic N) is 1. The average Bonchev–Trinajstić information content (AvgIpc) is 2.65. The first-order valence-corrected chi connectivity index (χ1v) is 11.3. The topological polar surface area (TPSA) is 54.5 Å². The highest BCUT2D eigenvalue weighted by molar-refractivity contribution is 7.93. The molecule has 3 aromatic carbocycles. The molecule has 4 nitrogen and oxygen atoms in total. The molecule has 0 N–H and O–H groups in total. The van der Waals surface area contributed by atoms with Crippen molar-refractivity contribution < 1.29 is 13.2 Å². The molecule has 0 unspecified atom stereocenters. The highest BCUT2D eigenvalue weighted by Gasteiger charge is 2.34. The number of hydrogen-bond acceptors (Lipinski definition) is 3. The third-order valence-corrected chi connectivity index (χ3v) is 7.14. The Morgan fingerprint density at radius 2 is 1.30 bits per heavy atom. The molecule has 0 saturated carbocycles. The molecule has 0 radical (unpaired) electrons. The van der Waals surface area contributed by atoms with Gasteiger partial charge in [-0.3, -0.25) is 4.79 Å². The number of carbonyl (C=O) groups excluding carboxylic acids is 1. The van der Waals surface area contributed by atoms with Crippen LogP contribution in [0, 0.1) is 41.5 Å². The lowest BCUT2D eigenvalue weighted by Gasteiger charge is -2.26. The molecule has 0 aliphatic rings. The third-order valence-electron chi connectivity index (χ3n) is 5.43. The average molecular weight is 422 g/mol. The van der Waals surface area contributed by atoms with Crippen LogP contribution in [0.2, 0.25) is 0 Å². The summed E-state index contributed by atoms with van der Waals surface area (Å²) in [6.07, 6.45) is 0. The number of carbonyl (C=O) groups is 1. The summed E-state index contributed by atoms with van der Waals surface area (Å²) in [6.45, 7) is 11.3. The zero-order valence-electron chi connectivity index (χ0n) is 18.3. The van der Waals surface area contributed by atoms with E-state index in [9.17, 15) is 13.2 Å². The molecule has 0 heterocycles. The van der Waals surface area contributed by atoms with Gasteiger partial charge in [0.05, 0.1) is 10.6 Å². The second kappa shape index (κ2) is 8.07. The van der Waals surface area contributed by atoms with Crippen LogP contribution in [-0.4, -0.2) is 14.3 Å². The van der Waals surface area contributed by atoms with E-state index in [0.717, 1.165) is 37.7 Å². The summed E-state index contributed by atoms with van der Waals surface area (Å²) in [6, 6.07) is 15.7. The maximum absolute atomic E-state index is 13.8. The molecule has 0 fully saturated rings. The quantitative estimate of drug-likeness (QED) is 0.553. The van der Waals surface area contributed by atoms with Crippen LogP contribution in [0.15, 0.2) is 59.5 Å². The molecule has 156 valence electrons. The molecule has 0 bridgehead atoms. The number of benzene rings is 3. The number of anilines is 1. The largest absolute Gasteiger partial charge is 0.272 e. The van der Waals surface area contributed by atoms with Gasteiger partial charge in [-0.1, -0.05) is 47.5 Å². The van der Waals surface area contributed by atoms with E-state index in [2.05, 4.69) is 0 Å². The monoisotopic (exact) mass is 421 g/mol. The minimum Gasteiger partial charge on any atom is -0.268 e. The SMILES string of the molecule is Cc1ccc(S(=O)(=O)N(C(=O)c2c(C)cc(C)cc2C)c2cccc(C)c2C)cc1. The zero-order chi connectivity index (χ0) is 22.2. The van der Waals surface area contributed by atoms with Crippen molar-refractivity contribution in [2.45, 2.75) is 46.4 Å². The van der Waals surface area contributed by atoms with Crippen molar-refractivity contribution >= 4 is 21.6 Å². The predicted molar refractivity (Wildman–Crippen MR) is 122 cm³/mol. The Hall–Kier alpha value is -2.92. The first-order chi connectivity index (χ1) is 14.0. The van der Waals surface area contributed by atoms with Crippen molar-refractivity contribution in [2.75, 3.05) is 4.31 Å². The van der Waals surface area contributed by atoms with Crippen LogP contribution in [0.1, 0.15) is 43.7 Å². The van der Waals surface area contributed by atoms with E-state index in [0.29, 0.717) is 11.3 Å². The van der Waals surface area contributed by atoms with Crippen LogP contribution in [0.4, 0.5) is 5.69 Å². The van der Waals surface area contributed by atoms with Gasteiger partial charge in [0.25, 0.3) is 15.9 Å². The van der Waals surface area contributed by atoms with Crippen LogP contribution < -0.4 is 4.31 Å². The third kappa shape index (κ3) is 3.90. The molecule has 5 heteroatoms. The standard InChI is InChI=1S/C25H27NO3S/c1-16-10-12-22(13-11-16)30(28,29)26(23-9-7-8-18(3)21(23)6)25(27)24-19(4)14-17(2)15-20(24)5/h7-15H,1-6H3. The molecule has 0 saturated heterocycles. The Labute approximate surface area is 179 Å². The fourth-order valence-corrected chi connectivity index (χ4v) is 5.20. The Kier molecular flexibility index (Phi) is 5.86. The van der Waals surface area contributed by atoms with Gasteiger partial charge in [-0.25, -0.2) is 8.42 Å². The normalized spacial score (nSPS) is 11.4. The van der Waals surface area contributed by atoms with Crippen molar-refractivity contribution in [2.24, 2.45) is 0 Å². The number of aryl methyl sites for hydroxylation is 5. The molecule has 0 aromatic heterocycles. The van der Waals surface area contributed by atoms with Crippen molar-refractivity contribution in [1.29, 1.82) is 0 Å². The van der Waals surface area contributed by atoms with Crippen LogP contribution in [0.3, 0.4) is 0 Å². The van der Waals surface area contributed by atoms with E-state index < -0.39 is 15.9 Å². The molecule has 0 spiro atoms. The van der Waals surface area contributed by atoms with Crippen molar-refractivity contribution in [3.63, 3.8) is 0 Å². The number of rotatable bonds is 4. The van der Waals surface area contributed by atoms with Gasteiger partial charge >= 0.3 is 0 Å². The van der Waals surface area contributed by atoms with Gasteiger partial charge in [-0.15, -0.1) is 0 Å². The molecule has 3 aromatic rings. The van der Waals surface area contributed by atoms with E-state index in [1.54, 1.807) is 36.4 Å². The molecule has 0 aliphatic heterocycles. The van der Waals surface area contributed by atoms with Crippen molar-refractivity contribution in [3.05, 3.63) is 93.5 Å². The maximum atomic E-state index is 13.8. The Morgan fingerprint density at radius 1 is 0.733 bits per heavy atom. The van der Waals surface area contributed by atoms with Gasteiger partial charge in [-0.2, -0.15) is 4.31 Å². The summed E-state index contributed by atoms with van der Waals surface area (Å²) in [5.74, 6) is -0.542. The fourth-order valence-electron chi connectivity index (χ4n) is 3.74. The van der Waals surface area contributed by atoms with E-state index in [1.807, 2.05) is 59.7 Å². The second-order valence-corrected chi connectivity index (χ2v) is 9.67. The summed E-state index contributed by atoms with van der Waals surface area (Å²) in [4.78, 5) is 13.9. The van der Waals surface area contributed by atoms with Crippen LogP contribution >= 0.6 is 0 Å². The second-order valence-electron chi connectivity index (χ2n) is 7.88. The molecular weight excluding hydrogens is 394 g/mol. The predicted octanol–water partition coefficient (Wildman–Crippen LogP) is 5.57. The van der Waals surface area contributed by atoms with E-state index >= 15 is 0 Å². The van der Waals surface area contributed by atoms with E-state index in [4.69, 9.17) is 0 Å². The summed E-state index contributed by atoms with van der Waals surface area (Å²) in [5.41, 5.74) is 5.95. The molecule has 3 rings (SSSR count). The molecule has 30 heavy (non-hydrogen) atoms. The molecular formula is C25H27NO3S. The summed E-state index contributed by atoms with van der Waals surface area (Å²) >= 11 is 0. The van der Waals surface area contributed by atoms with Crippen LogP contribution in [-0.2, 0) is 10.0 Å². The summed E-state index contributed by atoms with van der Waals surface area (Å²) in [5, 5.41) is 0. The Bertz CT molecular complexity index is 1200. The highest BCUT2D eigenvalue weighted by atomic mass is 32.2. The molecule has 1 amide bonds. The highest BCUT2D eigenvalue weighted by Crippen LogP contribution is 2.32. The smallest absolute Gasteiger partial charge is 0.268 e. The lowest BCUT2D eigenvalue weighted by molar-refractivity contribution is 0.100. The first-order valence-electron chi connectivity index (χ1n) is 9.84. The zero-order valence-corrected chi connectivity index (χ0v) is 19.1. The van der Waals surface area contributed by atoms with Crippen LogP contribution in [0.5, 0.6) is 0 Å². The van der Waals surface area contributed by atoms with Crippen molar-refractivity contribution in [3.8, 4) is 0 Å². The maximum Gasteiger partial charge on any atom is 0.272 e. The molecule has 0 atom stereocenters. The van der Waals surface area contributed by atoms with Gasteiger partial charge in [0, 0.05) is 5.56 Å². The van der Waals surface area contributed by atoms with Gasteiger partial charge in [0.1, 0.15) is 0 Å². The Balaban J connectivity index is 2.30. The number of sulfonamides is 1. The minimum absolute atomic E-state index is 0.0878. The first kappa shape index (κ1) is 21.8. The minimum atomic E-state index is -4.12. The number of hydrogen-bond donors (Lipinski definition) is 0. The van der Waals surface area contributed by atoms with E-state index in [1.165, 1.54) is 0 Å². The fraction of sp³-hybridized carbons (Fsp3) is 0.240. The molecule has 0 aliphatic carbocycles. The van der Waals surface area contributed by atoms with Gasteiger partial charge in [-0.05, 0) is 82.0 Å². The van der Waals surface area contributed by atoms with Crippen molar-refractivity contribution in [1.82, 2.24) is 0 Å². The lowest BCUT2D eigenvalue weighted by Crippen LogP contribution is -2.38. The summed E-state index contributed by atoms with van der Waals surface area (Å²) < 4.78 is 28.4. The van der Waals surface area contributed by atoms with Gasteiger partial charge < -0.3 is 0 Å². The van der Waals surface area contributed by atoms with Crippen LogP contribution in [0.25, 0.3) is 0 Å². The Morgan fingerprint density at radius 3 is 1.87 bits per heavy atom.